The van der Waals surface area contributed by atoms with Gasteiger partial charge in [0, 0.05) is 0 Å². The largest absolute Gasteiger partial charge is 0.443 e. The van der Waals surface area contributed by atoms with Crippen LogP contribution in [0.5, 0.6) is 0 Å². The molecule has 4 aromatic carbocycles. The number of hydrogen-bond acceptors (Lipinski definition) is 3. The van der Waals surface area contributed by atoms with Crippen LogP contribution >= 0.6 is 0 Å². The zero-order valence-corrected chi connectivity index (χ0v) is 16.5. The molecule has 0 aliphatic carbocycles. The van der Waals surface area contributed by atoms with Gasteiger partial charge in [0.05, 0.1) is 0 Å². The number of hydrogen-bond donors (Lipinski definition) is 3. The smallest absolute Gasteiger partial charge is 0.358 e. The molecule has 0 saturated heterocycles. The molecule has 0 unspecified atom stereocenters. The highest BCUT2D eigenvalue weighted by molar-refractivity contribution is 6.84. The van der Waals surface area contributed by atoms with Crippen LogP contribution in [0.25, 0.3) is 0 Å². The van der Waals surface area contributed by atoms with E-state index in [0.29, 0.717) is 16.4 Å². The minimum absolute atomic E-state index is 0.624. The molecule has 3 nitrogen and oxygen atoms in total. The Labute approximate surface area is 178 Å². The predicted molar refractivity (Wildman–Crippen MR) is 127 cm³/mol. The molecule has 0 spiro atoms. The van der Waals surface area contributed by atoms with Crippen LogP contribution < -0.4 is 32.8 Å². The standard InChI is InChI=1S/C24H21B3O3/c28-25(19-10-4-1-5-11-19)22-16-23(26(29)20-12-6-2-7-13-20)18-24(17-22)27(30)21-14-8-3-9-15-21/h1-18,28-30H. The Balaban J connectivity index is 1.79. The van der Waals surface area contributed by atoms with Crippen LogP contribution in [0.4, 0.5) is 0 Å². The molecule has 0 fully saturated rings. The third kappa shape index (κ3) is 4.41. The molecule has 4 aromatic rings. The Morgan fingerprint density at radius 1 is 0.333 bits per heavy atom. The molecule has 0 aromatic heterocycles. The highest BCUT2D eigenvalue weighted by Gasteiger charge is 2.26. The molecule has 4 rings (SSSR count). The quantitative estimate of drug-likeness (QED) is 0.370. The Bertz CT molecular complexity index is 939. The Morgan fingerprint density at radius 2 is 0.567 bits per heavy atom. The van der Waals surface area contributed by atoms with E-state index < -0.39 is 20.7 Å². The van der Waals surface area contributed by atoms with Crippen LogP contribution in [0.2, 0.25) is 0 Å². The Morgan fingerprint density at radius 3 is 0.800 bits per heavy atom. The van der Waals surface area contributed by atoms with E-state index in [1.165, 1.54) is 0 Å². The summed E-state index contributed by atoms with van der Waals surface area (Å²) in [6, 6.07) is 33.5. The van der Waals surface area contributed by atoms with Gasteiger partial charge in [0.15, 0.2) is 0 Å². The molecule has 0 heterocycles. The van der Waals surface area contributed by atoms with Gasteiger partial charge in [0.1, 0.15) is 0 Å². The summed E-state index contributed by atoms with van der Waals surface area (Å²) in [5.41, 5.74) is 4.13. The van der Waals surface area contributed by atoms with Crippen molar-refractivity contribution in [3.8, 4) is 0 Å². The van der Waals surface area contributed by atoms with Crippen LogP contribution in [0.3, 0.4) is 0 Å². The van der Waals surface area contributed by atoms with Crippen molar-refractivity contribution in [3.63, 3.8) is 0 Å². The topological polar surface area (TPSA) is 60.7 Å². The van der Waals surface area contributed by atoms with Gasteiger partial charge in [0.25, 0.3) is 0 Å². The van der Waals surface area contributed by atoms with Gasteiger partial charge in [-0.3, -0.25) is 0 Å². The minimum Gasteiger partial charge on any atom is -0.443 e. The van der Waals surface area contributed by atoms with Crippen molar-refractivity contribution >= 4 is 53.5 Å². The maximum absolute atomic E-state index is 11.0. The van der Waals surface area contributed by atoms with Crippen LogP contribution in [0.1, 0.15) is 0 Å². The summed E-state index contributed by atoms with van der Waals surface area (Å²) >= 11 is 0. The van der Waals surface area contributed by atoms with E-state index in [0.717, 1.165) is 16.4 Å². The summed E-state index contributed by atoms with van der Waals surface area (Å²) in [5, 5.41) is 32.9. The first-order chi connectivity index (χ1) is 14.6. The predicted octanol–water partition coefficient (Wildman–Crippen LogP) is -1.02. The van der Waals surface area contributed by atoms with Gasteiger partial charge in [-0.2, -0.15) is 0 Å². The molecular formula is C24H21B3O3. The molecule has 0 radical (unpaired) electrons. The molecule has 6 heteroatoms. The van der Waals surface area contributed by atoms with E-state index in [-0.39, 0.29) is 0 Å². The van der Waals surface area contributed by atoms with E-state index >= 15 is 0 Å². The van der Waals surface area contributed by atoms with Crippen molar-refractivity contribution in [3.05, 3.63) is 109 Å². The first-order valence-electron chi connectivity index (χ1n) is 9.97. The Kier molecular flexibility index (Phi) is 6.19. The molecule has 0 bridgehead atoms. The van der Waals surface area contributed by atoms with E-state index in [1.807, 2.05) is 91.0 Å². The molecule has 30 heavy (non-hydrogen) atoms. The summed E-state index contributed by atoms with van der Waals surface area (Å²) in [5.74, 6) is 0. The van der Waals surface area contributed by atoms with Gasteiger partial charge in [-0.1, -0.05) is 109 Å². The molecule has 0 amide bonds. The lowest BCUT2D eigenvalue weighted by atomic mass is 9.47. The highest BCUT2D eigenvalue weighted by Crippen LogP contribution is 1.94. The average molecular weight is 390 g/mol. The maximum atomic E-state index is 11.0. The molecule has 3 N–H and O–H groups in total. The SMILES string of the molecule is OB(c1ccccc1)c1cc(B(O)c2ccccc2)cc(B(O)c2ccccc2)c1. The first kappa shape index (κ1) is 20.2. The van der Waals surface area contributed by atoms with E-state index in [1.54, 1.807) is 18.2 Å². The first-order valence-corrected chi connectivity index (χ1v) is 9.97. The number of rotatable bonds is 6. The molecule has 0 aliphatic rings. The summed E-state index contributed by atoms with van der Waals surface area (Å²) in [6.45, 7) is -2.59. The highest BCUT2D eigenvalue weighted by atomic mass is 16.2. The fourth-order valence-electron chi connectivity index (χ4n) is 3.66. The van der Waals surface area contributed by atoms with Gasteiger partial charge in [-0.25, -0.2) is 0 Å². The van der Waals surface area contributed by atoms with Crippen molar-refractivity contribution in [2.45, 2.75) is 0 Å². The monoisotopic (exact) mass is 390 g/mol. The van der Waals surface area contributed by atoms with Gasteiger partial charge in [-0.05, 0) is 32.8 Å². The van der Waals surface area contributed by atoms with Gasteiger partial charge >= 0.3 is 20.7 Å². The lowest BCUT2D eigenvalue weighted by Crippen LogP contribution is -2.53. The maximum Gasteiger partial charge on any atom is 0.358 e. The minimum atomic E-state index is -0.865. The lowest BCUT2D eigenvalue weighted by molar-refractivity contribution is 0.598. The second-order valence-corrected chi connectivity index (χ2v) is 7.37. The van der Waals surface area contributed by atoms with Gasteiger partial charge in [0.2, 0.25) is 0 Å². The lowest BCUT2D eigenvalue weighted by Gasteiger charge is -2.16. The molecule has 0 aliphatic heterocycles. The average Bonchev–Trinajstić information content (AvgIpc) is 2.84. The summed E-state index contributed by atoms with van der Waals surface area (Å²) in [4.78, 5) is 0. The third-order valence-corrected chi connectivity index (χ3v) is 5.29. The van der Waals surface area contributed by atoms with E-state index in [4.69, 9.17) is 0 Å². The zero-order valence-electron chi connectivity index (χ0n) is 16.5. The van der Waals surface area contributed by atoms with Crippen molar-refractivity contribution in [2.24, 2.45) is 0 Å². The van der Waals surface area contributed by atoms with Crippen molar-refractivity contribution in [1.29, 1.82) is 0 Å². The summed E-state index contributed by atoms with van der Waals surface area (Å²) < 4.78 is 0. The van der Waals surface area contributed by atoms with Gasteiger partial charge < -0.3 is 15.1 Å². The molecule has 0 atom stereocenters. The van der Waals surface area contributed by atoms with Crippen LogP contribution in [0, 0.1) is 0 Å². The summed E-state index contributed by atoms with van der Waals surface area (Å²) in [6.07, 6.45) is 0. The Hall–Kier alpha value is -3.05. The second-order valence-electron chi connectivity index (χ2n) is 7.37. The van der Waals surface area contributed by atoms with Crippen LogP contribution in [-0.2, 0) is 0 Å². The fraction of sp³-hybridized carbons (Fsp3) is 0. The second kappa shape index (κ2) is 9.18. The van der Waals surface area contributed by atoms with Crippen molar-refractivity contribution < 1.29 is 15.1 Å². The zero-order chi connectivity index (χ0) is 20.9. The van der Waals surface area contributed by atoms with Crippen LogP contribution in [-0.4, -0.2) is 35.8 Å². The molecular weight excluding hydrogens is 369 g/mol. The van der Waals surface area contributed by atoms with Crippen molar-refractivity contribution in [2.75, 3.05) is 0 Å². The third-order valence-electron chi connectivity index (χ3n) is 5.29. The van der Waals surface area contributed by atoms with E-state index in [9.17, 15) is 15.1 Å². The van der Waals surface area contributed by atoms with Gasteiger partial charge in [-0.15, -0.1) is 0 Å². The molecule has 144 valence electrons. The van der Waals surface area contributed by atoms with Crippen LogP contribution in [0.15, 0.2) is 109 Å². The number of benzene rings is 4. The normalized spacial score (nSPS) is 10.5. The van der Waals surface area contributed by atoms with E-state index in [2.05, 4.69) is 0 Å². The fourth-order valence-corrected chi connectivity index (χ4v) is 3.66. The van der Waals surface area contributed by atoms with Crippen molar-refractivity contribution in [1.82, 2.24) is 0 Å². The summed E-state index contributed by atoms with van der Waals surface area (Å²) in [7, 11) is 0. The molecule has 0 saturated carbocycles.